The highest BCUT2D eigenvalue weighted by Crippen LogP contribution is 2.22. The Bertz CT molecular complexity index is 737. The molecule has 1 aromatic rings. The number of pyridine rings is 1. The second-order valence-electron chi connectivity index (χ2n) is 7.26. The van der Waals surface area contributed by atoms with E-state index in [0.717, 1.165) is 0 Å². The second kappa shape index (κ2) is 14.0. The molecule has 1 fully saturated rings. The van der Waals surface area contributed by atoms with Crippen molar-refractivity contribution < 1.29 is 43.9 Å². The van der Waals surface area contributed by atoms with Crippen LogP contribution < -0.4 is 16.4 Å². The van der Waals surface area contributed by atoms with Crippen LogP contribution in [0, 0.1) is 0 Å². The van der Waals surface area contributed by atoms with Gasteiger partial charge in [0, 0.05) is 19.7 Å². The van der Waals surface area contributed by atoms with E-state index < -0.39 is 43.2 Å². The minimum Gasteiger partial charge on any atom is -0.394 e. The third kappa shape index (κ3) is 8.81. The van der Waals surface area contributed by atoms with Gasteiger partial charge in [-0.05, 0) is 12.1 Å². The maximum atomic E-state index is 11.9. The van der Waals surface area contributed by atoms with Gasteiger partial charge >= 0.3 is 0 Å². The molecule has 2 amide bonds. The standard InChI is InChI=1S/C20H32N4O9/c1-12(26)24-16-18(28)17(27)14(11-25)33-20(16)32-9-8-31-7-6-30-5-4-22-19(29)13-2-3-15(21)23-10-13/h2-3,10,14,16-18,20,25,27-28H,4-9,11H2,1H3,(H2,21,23)(H,22,29)(H,24,26)/t14?,16?,17-,18?,20+/m0/s1. The van der Waals surface area contributed by atoms with Crippen LogP contribution in [0.5, 0.6) is 0 Å². The molecule has 1 saturated heterocycles. The number of aliphatic hydroxyl groups excluding tert-OH is 3. The summed E-state index contributed by atoms with van der Waals surface area (Å²) in [5.74, 6) is -0.367. The predicted molar refractivity (Wildman–Crippen MR) is 114 cm³/mol. The lowest BCUT2D eigenvalue weighted by molar-refractivity contribution is -0.272. The summed E-state index contributed by atoms with van der Waals surface area (Å²) in [5, 5.41) is 34.6. The number of nitrogens with two attached hydrogens (primary N) is 1. The maximum Gasteiger partial charge on any atom is 0.252 e. The van der Waals surface area contributed by atoms with Gasteiger partial charge in [0.15, 0.2) is 6.29 Å². The van der Waals surface area contributed by atoms with E-state index in [1.165, 1.54) is 13.1 Å². The van der Waals surface area contributed by atoms with Crippen molar-refractivity contribution in [3.8, 4) is 0 Å². The summed E-state index contributed by atoms with van der Waals surface area (Å²) in [6.07, 6.45) is -3.44. The molecule has 1 aliphatic heterocycles. The van der Waals surface area contributed by atoms with Gasteiger partial charge in [0.25, 0.3) is 5.91 Å². The van der Waals surface area contributed by atoms with Crippen LogP contribution >= 0.6 is 0 Å². The highest BCUT2D eigenvalue weighted by atomic mass is 16.7. The lowest BCUT2D eigenvalue weighted by Crippen LogP contribution is -2.64. The fourth-order valence-electron chi connectivity index (χ4n) is 3.04. The Morgan fingerprint density at radius 2 is 1.82 bits per heavy atom. The Morgan fingerprint density at radius 3 is 2.45 bits per heavy atom. The van der Waals surface area contributed by atoms with Crippen LogP contribution in [0.1, 0.15) is 17.3 Å². The lowest BCUT2D eigenvalue weighted by Gasteiger charge is -2.42. The monoisotopic (exact) mass is 472 g/mol. The number of carbonyl (C=O) groups is 2. The largest absolute Gasteiger partial charge is 0.394 e. The van der Waals surface area contributed by atoms with Gasteiger partial charge in [0.05, 0.1) is 45.2 Å². The fourth-order valence-corrected chi connectivity index (χ4v) is 3.04. The molecule has 0 saturated carbocycles. The zero-order valence-electron chi connectivity index (χ0n) is 18.4. The summed E-state index contributed by atoms with van der Waals surface area (Å²) >= 11 is 0. The van der Waals surface area contributed by atoms with E-state index in [9.17, 15) is 24.9 Å². The molecule has 0 aliphatic carbocycles. The Kier molecular flexibility index (Phi) is 11.4. The average molecular weight is 472 g/mol. The van der Waals surface area contributed by atoms with Gasteiger partial charge in [-0.2, -0.15) is 0 Å². The Hall–Kier alpha value is -2.39. The molecule has 1 aromatic heterocycles. The van der Waals surface area contributed by atoms with Crippen molar-refractivity contribution in [2.24, 2.45) is 0 Å². The molecular weight excluding hydrogens is 440 g/mol. The molecule has 13 nitrogen and oxygen atoms in total. The number of nitrogens with one attached hydrogen (secondary N) is 2. The number of rotatable bonds is 13. The van der Waals surface area contributed by atoms with Crippen molar-refractivity contribution in [2.75, 3.05) is 51.9 Å². The summed E-state index contributed by atoms with van der Waals surface area (Å²) < 4.78 is 21.7. The van der Waals surface area contributed by atoms with E-state index in [1.807, 2.05) is 0 Å². The van der Waals surface area contributed by atoms with E-state index in [-0.39, 0.29) is 25.7 Å². The van der Waals surface area contributed by atoms with Gasteiger partial charge in [-0.25, -0.2) is 4.98 Å². The smallest absolute Gasteiger partial charge is 0.252 e. The lowest BCUT2D eigenvalue weighted by atomic mass is 9.97. The van der Waals surface area contributed by atoms with Crippen molar-refractivity contribution in [2.45, 2.75) is 37.6 Å². The van der Waals surface area contributed by atoms with Crippen molar-refractivity contribution >= 4 is 17.6 Å². The first kappa shape index (κ1) is 26.9. The summed E-state index contributed by atoms with van der Waals surface area (Å²) in [5.41, 5.74) is 5.88. The molecule has 0 radical (unpaired) electrons. The van der Waals surface area contributed by atoms with Gasteiger partial charge in [0.1, 0.15) is 30.2 Å². The summed E-state index contributed by atoms with van der Waals surface area (Å²) in [6, 6.07) is 2.13. The molecule has 33 heavy (non-hydrogen) atoms. The Morgan fingerprint density at radius 1 is 1.12 bits per heavy atom. The van der Waals surface area contributed by atoms with Gasteiger partial charge in [0.2, 0.25) is 5.91 Å². The SMILES string of the molecule is CC(=O)NC1C(O)[C@@H](O)C(CO)O[C@H]1OCCOCCOCCNC(=O)c1ccc(N)nc1. The van der Waals surface area contributed by atoms with E-state index >= 15 is 0 Å². The number of hydrogen-bond acceptors (Lipinski definition) is 11. The highest BCUT2D eigenvalue weighted by molar-refractivity contribution is 5.93. The zero-order valence-corrected chi connectivity index (χ0v) is 18.4. The summed E-state index contributed by atoms with van der Waals surface area (Å²) in [7, 11) is 0. The Labute approximate surface area is 191 Å². The van der Waals surface area contributed by atoms with Crippen LogP contribution in [-0.4, -0.2) is 109 Å². The van der Waals surface area contributed by atoms with Gasteiger partial charge in [-0.3, -0.25) is 9.59 Å². The topological polar surface area (TPSA) is 195 Å². The second-order valence-corrected chi connectivity index (χ2v) is 7.26. The zero-order chi connectivity index (χ0) is 24.2. The van der Waals surface area contributed by atoms with Crippen molar-refractivity contribution in [1.29, 1.82) is 0 Å². The number of ether oxygens (including phenoxy) is 4. The van der Waals surface area contributed by atoms with E-state index in [1.54, 1.807) is 12.1 Å². The van der Waals surface area contributed by atoms with Crippen LogP contribution in [0.4, 0.5) is 5.82 Å². The van der Waals surface area contributed by atoms with Crippen LogP contribution in [0.25, 0.3) is 0 Å². The molecule has 186 valence electrons. The van der Waals surface area contributed by atoms with E-state index in [2.05, 4.69) is 15.6 Å². The predicted octanol–water partition coefficient (Wildman–Crippen LogP) is -2.61. The minimum atomic E-state index is -1.37. The summed E-state index contributed by atoms with van der Waals surface area (Å²) in [4.78, 5) is 27.1. The maximum absolute atomic E-state index is 11.9. The van der Waals surface area contributed by atoms with Crippen LogP contribution in [0.2, 0.25) is 0 Å². The van der Waals surface area contributed by atoms with Gasteiger partial charge in [-0.15, -0.1) is 0 Å². The molecule has 2 heterocycles. The van der Waals surface area contributed by atoms with Crippen LogP contribution in [-0.2, 0) is 23.7 Å². The molecule has 5 atom stereocenters. The number of aromatic nitrogens is 1. The number of amides is 2. The molecule has 0 bridgehead atoms. The first-order chi connectivity index (χ1) is 15.8. The molecule has 0 aromatic carbocycles. The molecule has 0 spiro atoms. The number of carbonyl (C=O) groups excluding carboxylic acids is 2. The van der Waals surface area contributed by atoms with Gasteiger partial charge < -0.3 is 50.6 Å². The van der Waals surface area contributed by atoms with Crippen molar-refractivity contribution in [3.05, 3.63) is 23.9 Å². The van der Waals surface area contributed by atoms with Crippen molar-refractivity contribution in [1.82, 2.24) is 15.6 Å². The fraction of sp³-hybridized carbons (Fsp3) is 0.650. The Balaban J connectivity index is 1.56. The summed E-state index contributed by atoms with van der Waals surface area (Å²) in [6.45, 7) is 2.19. The van der Waals surface area contributed by atoms with E-state index in [0.29, 0.717) is 31.1 Å². The normalized spacial score (nSPS) is 24.9. The van der Waals surface area contributed by atoms with Crippen molar-refractivity contribution in [3.63, 3.8) is 0 Å². The number of anilines is 1. The van der Waals surface area contributed by atoms with Gasteiger partial charge in [-0.1, -0.05) is 0 Å². The molecule has 7 N–H and O–H groups in total. The average Bonchev–Trinajstić information content (AvgIpc) is 2.79. The molecular formula is C20H32N4O9. The molecule has 3 unspecified atom stereocenters. The first-order valence-corrected chi connectivity index (χ1v) is 10.5. The van der Waals surface area contributed by atoms with Crippen LogP contribution in [0.3, 0.4) is 0 Å². The third-order valence-corrected chi connectivity index (χ3v) is 4.71. The number of aliphatic hydroxyl groups is 3. The minimum absolute atomic E-state index is 0.0768. The molecule has 2 rings (SSSR count). The first-order valence-electron chi connectivity index (χ1n) is 10.5. The molecule has 13 heteroatoms. The quantitative estimate of drug-likeness (QED) is 0.165. The molecule has 1 aliphatic rings. The van der Waals surface area contributed by atoms with Crippen LogP contribution in [0.15, 0.2) is 18.3 Å². The highest BCUT2D eigenvalue weighted by Gasteiger charge is 2.45. The van der Waals surface area contributed by atoms with E-state index in [4.69, 9.17) is 24.7 Å². The number of nitrogens with zero attached hydrogens (tertiary/aromatic N) is 1. The number of hydrogen-bond donors (Lipinski definition) is 6. The third-order valence-electron chi connectivity index (χ3n) is 4.71. The number of nitrogen functional groups attached to an aromatic ring is 1.